The summed E-state index contributed by atoms with van der Waals surface area (Å²) in [6.45, 7) is 2.99. The second kappa shape index (κ2) is 15.4. The minimum absolute atomic E-state index is 0.0187. The number of nitrogens with one attached hydrogen (secondary N) is 2. The van der Waals surface area contributed by atoms with Gasteiger partial charge in [0.25, 0.3) is 5.60 Å². The number of epoxide rings is 1. The van der Waals surface area contributed by atoms with Gasteiger partial charge in [-0.25, -0.2) is 9.78 Å². The molecule has 6 atom stereocenters. The van der Waals surface area contributed by atoms with Crippen LogP contribution in [-0.2, 0) is 14.3 Å². The molecule has 5 aliphatic rings. The molecular formula is C42H52N6O5. The molecular weight excluding hydrogens is 668 g/mol. The van der Waals surface area contributed by atoms with Crippen LogP contribution in [0.2, 0.25) is 0 Å². The maximum absolute atomic E-state index is 14.3. The molecule has 2 fully saturated rings. The van der Waals surface area contributed by atoms with Gasteiger partial charge < -0.3 is 31.6 Å². The van der Waals surface area contributed by atoms with Gasteiger partial charge in [-0.1, -0.05) is 73.4 Å². The first-order chi connectivity index (χ1) is 25.6. The van der Waals surface area contributed by atoms with Crippen molar-refractivity contribution in [3.63, 3.8) is 0 Å². The van der Waals surface area contributed by atoms with Crippen molar-refractivity contribution in [2.75, 3.05) is 25.9 Å². The highest BCUT2D eigenvalue weighted by molar-refractivity contribution is 6.32. The molecule has 0 amide bonds. The average Bonchev–Trinajstić information content (AvgIpc) is 3.89. The molecule has 7 rings (SSSR count). The Bertz CT molecular complexity index is 1860. The first-order valence-corrected chi connectivity index (χ1v) is 19.2. The summed E-state index contributed by atoms with van der Waals surface area (Å²) in [5.41, 5.74) is 11.8. The number of allylic oxidation sites excluding steroid dienone is 3. The van der Waals surface area contributed by atoms with E-state index in [1.165, 1.54) is 37.7 Å². The predicted octanol–water partition coefficient (Wildman–Crippen LogP) is 5.55. The Morgan fingerprint density at radius 2 is 1.91 bits per heavy atom. The smallest absolute Gasteiger partial charge is 0.350 e. The van der Waals surface area contributed by atoms with Crippen LogP contribution >= 0.6 is 0 Å². The van der Waals surface area contributed by atoms with Gasteiger partial charge >= 0.3 is 5.97 Å². The molecule has 0 unspecified atom stereocenters. The molecule has 0 bridgehead atoms. The number of nitrogens with zero attached hydrogens (tertiary/aromatic N) is 2. The normalized spacial score (nSPS) is 29.0. The number of pyridine rings is 1. The number of nitrogen functional groups attached to an aromatic ring is 1. The summed E-state index contributed by atoms with van der Waals surface area (Å²) in [6.07, 6.45) is 20.1. The van der Waals surface area contributed by atoms with Gasteiger partial charge in [0, 0.05) is 42.8 Å². The van der Waals surface area contributed by atoms with Crippen molar-refractivity contribution < 1.29 is 23.9 Å². The van der Waals surface area contributed by atoms with Crippen LogP contribution in [0.25, 0.3) is 0 Å². The number of rotatable bonds is 12. The quantitative estimate of drug-likeness (QED) is 0.0544. The lowest BCUT2D eigenvalue weighted by atomic mass is 9.72. The standard InChI is InChI=1S/C42H52N6O5/c1-26(20-35(48-40(44)45-2)30-17-19-46-36(43)23-30)16-18-41-37(49)32-14-8-9-15-33(32)38(50)42(41,53-41)39(51)52-25-31-21-28-12-6-7-13-29(28)22-34(31)47-24-27-10-4-3-5-11-27/h7-9,13-17,19,22-23,27-28,31,34-35,47H,3-6,10-12,18,20-21,24-25H2,1-2H3,(H2,43,46)(H3,44,45,48)/b26-16+/t28-,31-,34+,35-,41-,42-/m0/s1. The molecule has 1 aromatic heterocycles. The number of carbonyl (C=O) groups is 3. The average molecular weight is 721 g/mol. The van der Waals surface area contributed by atoms with Gasteiger partial charge in [-0.05, 0) is 87.1 Å². The Morgan fingerprint density at radius 1 is 1.13 bits per heavy atom. The monoisotopic (exact) mass is 720 g/mol. The van der Waals surface area contributed by atoms with Crippen molar-refractivity contribution in [2.24, 2.45) is 28.5 Å². The number of ketones is 2. The van der Waals surface area contributed by atoms with Crippen molar-refractivity contribution in [1.82, 2.24) is 15.6 Å². The molecule has 4 aliphatic carbocycles. The van der Waals surface area contributed by atoms with Crippen molar-refractivity contribution in [1.29, 1.82) is 0 Å². The molecule has 53 heavy (non-hydrogen) atoms. The van der Waals surface area contributed by atoms with Crippen LogP contribution in [0.5, 0.6) is 0 Å². The summed E-state index contributed by atoms with van der Waals surface area (Å²) in [7, 11) is 1.60. The Balaban J connectivity index is 1.11. The van der Waals surface area contributed by atoms with E-state index in [-0.39, 0.29) is 53.9 Å². The van der Waals surface area contributed by atoms with E-state index in [0.717, 1.165) is 36.9 Å². The number of hydrogen-bond donors (Lipinski definition) is 4. The zero-order chi connectivity index (χ0) is 37.2. The molecule has 6 N–H and O–H groups in total. The fourth-order valence-electron chi connectivity index (χ4n) is 8.93. The van der Waals surface area contributed by atoms with E-state index in [4.69, 9.17) is 20.9 Å². The number of hydrogen-bond acceptors (Lipinski definition) is 9. The third-order valence-corrected chi connectivity index (χ3v) is 12.0. The highest BCUT2D eigenvalue weighted by atomic mass is 16.7. The molecule has 1 aliphatic heterocycles. The number of aliphatic imine (C=N–C) groups is 1. The molecule has 280 valence electrons. The van der Waals surface area contributed by atoms with E-state index in [0.29, 0.717) is 24.1 Å². The highest BCUT2D eigenvalue weighted by Crippen LogP contribution is 2.58. The number of Topliss-reactive ketones (excluding diaryl/α,β-unsaturated/α-hetero) is 2. The molecule has 2 heterocycles. The van der Waals surface area contributed by atoms with Crippen LogP contribution in [0.15, 0.2) is 83.0 Å². The van der Waals surface area contributed by atoms with Crippen molar-refractivity contribution in [3.8, 4) is 0 Å². The molecule has 1 aromatic carbocycles. The Hall–Kier alpha value is -4.61. The summed E-state index contributed by atoms with van der Waals surface area (Å²) in [4.78, 5) is 51.0. The number of fused-ring (bicyclic) bond motifs is 3. The maximum atomic E-state index is 14.3. The number of esters is 1. The van der Waals surface area contributed by atoms with Crippen LogP contribution < -0.4 is 22.1 Å². The summed E-state index contributed by atoms with van der Waals surface area (Å²) >= 11 is 0. The number of ether oxygens (including phenoxy) is 2. The zero-order valence-corrected chi connectivity index (χ0v) is 30.8. The third kappa shape index (κ3) is 7.21. The van der Waals surface area contributed by atoms with Gasteiger partial charge in [0.2, 0.25) is 5.78 Å². The molecule has 11 heteroatoms. The van der Waals surface area contributed by atoms with Gasteiger partial charge in [-0.3, -0.25) is 14.6 Å². The van der Waals surface area contributed by atoms with Crippen LogP contribution in [0.3, 0.4) is 0 Å². The fourth-order valence-corrected chi connectivity index (χ4v) is 8.93. The molecule has 2 aromatic rings. The molecule has 0 spiro atoms. The molecule has 1 saturated carbocycles. The van der Waals surface area contributed by atoms with Crippen LogP contribution in [-0.4, -0.2) is 65.9 Å². The first kappa shape index (κ1) is 36.7. The number of guanidine groups is 1. The third-order valence-electron chi connectivity index (χ3n) is 12.0. The van der Waals surface area contributed by atoms with E-state index < -0.39 is 23.0 Å². The van der Waals surface area contributed by atoms with Gasteiger partial charge in [0.1, 0.15) is 5.82 Å². The van der Waals surface area contributed by atoms with Crippen molar-refractivity contribution in [3.05, 3.63) is 94.7 Å². The van der Waals surface area contributed by atoms with Crippen LogP contribution in [0.4, 0.5) is 5.82 Å². The second-order valence-corrected chi connectivity index (χ2v) is 15.5. The van der Waals surface area contributed by atoms with Gasteiger partial charge in [-0.15, -0.1) is 0 Å². The minimum Gasteiger partial charge on any atom is -0.463 e. The Morgan fingerprint density at radius 3 is 2.66 bits per heavy atom. The number of nitrogens with two attached hydrogens (primary N) is 2. The second-order valence-electron chi connectivity index (χ2n) is 15.5. The summed E-state index contributed by atoms with van der Waals surface area (Å²) in [5, 5.41) is 7.03. The van der Waals surface area contributed by atoms with Gasteiger partial charge in [0.15, 0.2) is 17.3 Å². The lowest BCUT2D eigenvalue weighted by Crippen LogP contribution is -2.51. The number of anilines is 1. The number of benzene rings is 1. The zero-order valence-electron chi connectivity index (χ0n) is 30.8. The minimum atomic E-state index is -2.04. The van der Waals surface area contributed by atoms with Gasteiger partial charge in [-0.2, -0.15) is 0 Å². The van der Waals surface area contributed by atoms with Crippen LogP contribution in [0, 0.1) is 17.8 Å². The summed E-state index contributed by atoms with van der Waals surface area (Å²) in [6, 6.07) is 9.97. The maximum Gasteiger partial charge on any atom is 0.350 e. The molecule has 11 nitrogen and oxygen atoms in total. The lowest BCUT2D eigenvalue weighted by Gasteiger charge is -2.37. The molecule has 0 radical (unpaired) electrons. The predicted molar refractivity (Wildman–Crippen MR) is 204 cm³/mol. The topological polar surface area (TPSA) is 174 Å². The Kier molecular flexibility index (Phi) is 10.7. The summed E-state index contributed by atoms with van der Waals surface area (Å²) in [5.74, 6) is -0.00158. The lowest BCUT2D eigenvalue weighted by molar-refractivity contribution is -0.150. The highest BCUT2D eigenvalue weighted by Gasteiger charge is 2.85. The van der Waals surface area contributed by atoms with E-state index in [1.807, 2.05) is 19.1 Å². The molecule has 1 saturated heterocycles. The van der Waals surface area contributed by atoms with E-state index in [9.17, 15) is 14.4 Å². The Labute approximate surface area is 311 Å². The van der Waals surface area contributed by atoms with Gasteiger partial charge in [0.05, 0.1) is 12.6 Å². The van der Waals surface area contributed by atoms with E-state index in [2.05, 4.69) is 38.8 Å². The van der Waals surface area contributed by atoms with E-state index in [1.54, 1.807) is 43.6 Å². The largest absolute Gasteiger partial charge is 0.463 e. The first-order valence-electron chi connectivity index (χ1n) is 19.2. The summed E-state index contributed by atoms with van der Waals surface area (Å²) < 4.78 is 12.3. The van der Waals surface area contributed by atoms with Crippen LogP contribution in [0.1, 0.15) is 103 Å². The SMILES string of the molecule is CN=C(N)N[C@@H](C/C(C)=C/C[C@@]12O[C@]1(C(=O)OC[C@@H]1C[C@@H]3CCC=CC3=C[C@H]1NCC1CCCCC1)C(=O)c1ccccc1C2=O)c1ccnc(N)c1. The van der Waals surface area contributed by atoms with Crippen molar-refractivity contribution >= 4 is 29.3 Å². The fraction of sp³-hybridized carbons (Fsp3) is 0.500. The number of aromatic nitrogens is 1. The number of carbonyl (C=O) groups excluding carboxylic acids is 3. The van der Waals surface area contributed by atoms with Crippen molar-refractivity contribution in [2.45, 2.75) is 94.4 Å². The van der Waals surface area contributed by atoms with E-state index >= 15 is 0 Å².